The third-order valence-electron chi connectivity index (χ3n) is 5.93. The van der Waals surface area contributed by atoms with Crippen LogP contribution in [0.1, 0.15) is 119 Å². The van der Waals surface area contributed by atoms with E-state index < -0.39 is 11.9 Å². The molecule has 0 bridgehead atoms. The molecule has 1 aromatic rings. The van der Waals surface area contributed by atoms with Crippen molar-refractivity contribution in [3.63, 3.8) is 0 Å². The fourth-order valence-corrected chi connectivity index (χ4v) is 3.73. The fraction of sp³-hybridized carbons (Fsp3) is 0.692. The first-order chi connectivity index (χ1) is 14.4. The smallest absolute Gasteiger partial charge is 0.339 e. The van der Waals surface area contributed by atoms with Crippen LogP contribution in [-0.4, -0.2) is 23.1 Å². The predicted octanol–water partition coefficient (Wildman–Crippen LogP) is 7.51. The molecule has 30 heavy (non-hydrogen) atoms. The minimum atomic E-state index is -1.10. The van der Waals surface area contributed by atoms with Crippen molar-refractivity contribution in [3.8, 4) is 0 Å². The average molecular weight is 419 g/mol. The molecule has 0 fully saturated rings. The quantitative estimate of drug-likeness (QED) is 0.223. The molecule has 4 heteroatoms. The summed E-state index contributed by atoms with van der Waals surface area (Å²) in [6.07, 6.45) is 13.0. The van der Waals surface area contributed by atoms with Crippen molar-refractivity contribution < 1.29 is 19.4 Å². The number of hydrogen-bond donors (Lipinski definition) is 1. The Bertz CT molecular complexity index is 623. The molecule has 0 aromatic heterocycles. The maximum Gasteiger partial charge on any atom is 0.339 e. The summed E-state index contributed by atoms with van der Waals surface area (Å²) >= 11 is 0. The van der Waals surface area contributed by atoms with Gasteiger partial charge in [-0.1, -0.05) is 97.6 Å². The molecule has 0 saturated carbocycles. The van der Waals surface area contributed by atoms with Crippen LogP contribution in [0.15, 0.2) is 24.3 Å². The Morgan fingerprint density at radius 3 is 1.83 bits per heavy atom. The van der Waals surface area contributed by atoms with E-state index in [0.717, 1.165) is 31.6 Å². The zero-order valence-corrected chi connectivity index (χ0v) is 19.5. The van der Waals surface area contributed by atoms with Crippen molar-refractivity contribution in [3.05, 3.63) is 35.4 Å². The summed E-state index contributed by atoms with van der Waals surface area (Å²) in [5.41, 5.74) is 0.134. The third kappa shape index (κ3) is 10.3. The van der Waals surface area contributed by atoms with Gasteiger partial charge in [0.15, 0.2) is 0 Å². The highest BCUT2D eigenvalue weighted by Gasteiger charge is 2.24. The summed E-state index contributed by atoms with van der Waals surface area (Å²) in [4.78, 5) is 24.0. The number of aromatic carboxylic acids is 1. The van der Waals surface area contributed by atoms with E-state index in [1.54, 1.807) is 12.1 Å². The Morgan fingerprint density at radius 2 is 1.33 bits per heavy atom. The topological polar surface area (TPSA) is 63.6 Å². The van der Waals surface area contributed by atoms with Crippen LogP contribution in [-0.2, 0) is 4.74 Å². The summed E-state index contributed by atoms with van der Waals surface area (Å²) in [6.45, 7) is 8.76. The van der Waals surface area contributed by atoms with Crippen LogP contribution in [0, 0.1) is 11.8 Å². The molecule has 0 spiro atoms. The van der Waals surface area contributed by atoms with E-state index >= 15 is 0 Å². The lowest BCUT2D eigenvalue weighted by molar-refractivity contribution is 0.0119. The molecule has 1 N–H and O–H groups in total. The maximum atomic E-state index is 12.6. The first kappa shape index (κ1) is 26.2. The Kier molecular flexibility index (Phi) is 13.1. The number of carbonyl (C=O) groups excluding carboxylic acids is 1. The second-order valence-corrected chi connectivity index (χ2v) is 8.98. The van der Waals surface area contributed by atoms with Crippen molar-refractivity contribution in [2.45, 2.75) is 104 Å². The van der Waals surface area contributed by atoms with Gasteiger partial charge in [-0.05, 0) is 36.8 Å². The fourth-order valence-electron chi connectivity index (χ4n) is 3.73. The van der Waals surface area contributed by atoms with Crippen LogP contribution < -0.4 is 0 Å². The molecule has 0 heterocycles. The molecule has 0 aliphatic heterocycles. The van der Waals surface area contributed by atoms with Gasteiger partial charge in [-0.25, -0.2) is 9.59 Å². The Hall–Kier alpha value is -1.84. The number of hydrogen-bond acceptors (Lipinski definition) is 3. The van der Waals surface area contributed by atoms with E-state index in [2.05, 4.69) is 27.7 Å². The van der Waals surface area contributed by atoms with E-state index in [1.807, 2.05) is 0 Å². The molecule has 0 radical (unpaired) electrons. The minimum absolute atomic E-state index is 0.00112. The second kappa shape index (κ2) is 15.0. The highest BCUT2D eigenvalue weighted by molar-refractivity contribution is 6.02. The Labute approximate surface area is 183 Å². The molecule has 0 amide bonds. The van der Waals surface area contributed by atoms with Crippen molar-refractivity contribution in [2.75, 3.05) is 0 Å². The lowest BCUT2D eigenvalue weighted by Gasteiger charge is -2.23. The number of carbonyl (C=O) groups is 2. The van der Waals surface area contributed by atoms with Crippen molar-refractivity contribution in [2.24, 2.45) is 11.8 Å². The molecule has 2 atom stereocenters. The van der Waals surface area contributed by atoms with Gasteiger partial charge in [0, 0.05) is 0 Å². The van der Waals surface area contributed by atoms with Gasteiger partial charge in [0.1, 0.15) is 6.10 Å². The summed E-state index contributed by atoms with van der Waals surface area (Å²) in [6, 6.07) is 6.27. The number of rotatable bonds is 16. The molecule has 0 aliphatic carbocycles. The van der Waals surface area contributed by atoms with Crippen LogP contribution in [0.4, 0.5) is 0 Å². The van der Waals surface area contributed by atoms with Gasteiger partial charge in [0.05, 0.1) is 11.1 Å². The molecule has 0 saturated heterocycles. The van der Waals surface area contributed by atoms with E-state index in [4.69, 9.17) is 4.74 Å². The van der Waals surface area contributed by atoms with Crippen LogP contribution >= 0.6 is 0 Å². The Morgan fingerprint density at radius 1 is 0.833 bits per heavy atom. The van der Waals surface area contributed by atoms with Crippen molar-refractivity contribution in [1.82, 2.24) is 0 Å². The largest absolute Gasteiger partial charge is 0.478 e. The van der Waals surface area contributed by atoms with Gasteiger partial charge in [-0.2, -0.15) is 0 Å². The molecule has 1 aromatic carbocycles. The molecule has 2 unspecified atom stereocenters. The number of unbranched alkanes of at least 4 members (excludes halogenated alkanes) is 7. The molecule has 4 nitrogen and oxygen atoms in total. The maximum absolute atomic E-state index is 12.6. The zero-order valence-electron chi connectivity index (χ0n) is 19.5. The van der Waals surface area contributed by atoms with Gasteiger partial charge in [0.2, 0.25) is 0 Å². The van der Waals surface area contributed by atoms with Gasteiger partial charge in [0.25, 0.3) is 0 Å². The normalized spacial score (nSPS) is 13.2. The summed E-state index contributed by atoms with van der Waals surface area (Å²) in [5, 5.41) is 9.31. The Balaban J connectivity index is 2.38. The molecule has 1 rings (SSSR count). The first-order valence-electron chi connectivity index (χ1n) is 11.9. The van der Waals surface area contributed by atoms with E-state index in [9.17, 15) is 14.7 Å². The van der Waals surface area contributed by atoms with E-state index in [-0.39, 0.29) is 23.1 Å². The van der Waals surface area contributed by atoms with Crippen LogP contribution in [0.25, 0.3) is 0 Å². The highest BCUT2D eigenvalue weighted by Crippen LogP contribution is 2.22. The average Bonchev–Trinajstić information content (AvgIpc) is 2.73. The molecular weight excluding hydrogens is 376 g/mol. The molecule has 170 valence electrons. The van der Waals surface area contributed by atoms with E-state index in [1.165, 1.54) is 57.1 Å². The standard InChI is InChI=1S/C26H42O4/c1-5-21(4)24(19-13-11-9-7-6-8-10-12-16-20(2)3)30-26(29)23-18-15-14-17-22(23)25(27)28/h14-15,17-18,20-21,24H,5-13,16,19H2,1-4H3,(H,27,28). The molecular formula is C26H42O4. The summed E-state index contributed by atoms with van der Waals surface area (Å²) in [7, 11) is 0. The van der Waals surface area contributed by atoms with Gasteiger partial charge in [-0.15, -0.1) is 0 Å². The van der Waals surface area contributed by atoms with Crippen LogP contribution in [0.3, 0.4) is 0 Å². The number of esters is 1. The third-order valence-corrected chi connectivity index (χ3v) is 5.93. The van der Waals surface area contributed by atoms with Crippen LogP contribution in [0.2, 0.25) is 0 Å². The van der Waals surface area contributed by atoms with Gasteiger partial charge < -0.3 is 9.84 Å². The van der Waals surface area contributed by atoms with Crippen LogP contribution in [0.5, 0.6) is 0 Å². The number of carboxylic acids is 1. The monoisotopic (exact) mass is 418 g/mol. The highest BCUT2D eigenvalue weighted by atomic mass is 16.5. The first-order valence-corrected chi connectivity index (χ1v) is 11.9. The van der Waals surface area contributed by atoms with Gasteiger partial charge >= 0.3 is 11.9 Å². The van der Waals surface area contributed by atoms with Crippen molar-refractivity contribution in [1.29, 1.82) is 0 Å². The molecule has 0 aliphatic rings. The summed E-state index contributed by atoms with van der Waals surface area (Å²) < 4.78 is 5.77. The number of benzene rings is 1. The zero-order chi connectivity index (χ0) is 22.4. The minimum Gasteiger partial charge on any atom is -0.478 e. The second-order valence-electron chi connectivity index (χ2n) is 8.98. The van der Waals surface area contributed by atoms with Gasteiger partial charge in [-0.3, -0.25) is 0 Å². The number of ether oxygens (including phenoxy) is 1. The lowest BCUT2D eigenvalue weighted by atomic mass is 9.95. The predicted molar refractivity (Wildman–Crippen MR) is 123 cm³/mol. The number of carboxylic acid groups (broad SMARTS) is 1. The lowest BCUT2D eigenvalue weighted by Crippen LogP contribution is -2.26. The van der Waals surface area contributed by atoms with E-state index in [0.29, 0.717) is 0 Å². The SMILES string of the molecule is CCC(C)C(CCCCCCCCCCC(C)C)OC(=O)c1ccccc1C(=O)O. The van der Waals surface area contributed by atoms with Crippen molar-refractivity contribution >= 4 is 11.9 Å². The summed E-state index contributed by atoms with van der Waals surface area (Å²) in [5.74, 6) is -0.561.